The Balaban J connectivity index is 1.46. The molecular formula is C24H24N2O5. The fourth-order valence-electron chi connectivity index (χ4n) is 4.17. The molecule has 2 N–H and O–H groups in total. The number of amides is 1. The first-order valence-electron chi connectivity index (χ1n) is 10.1. The van der Waals surface area contributed by atoms with Crippen LogP contribution in [0.2, 0.25) is 0 Å². The van der Waals surface area contributed by atoms with Gasteiger partial charge in [-0.1, -0.05) is 30.3 Å². The van der Waals surface area contributed by atoms with Crippen molar-refractivity contribution in [2.75, 3.05) is 7.11 Å². The Hall–Kier alpha value is -3.45. The van der Waals surface area contributed by atoms with E-state index in [1.807, 2.05) is 61.5 Å². The maximum Gasteiger partial charge on any atom is 0.312 e. The van der Waals surface area contributed by atoms with Crippen LogP contribution in [0.4, 0.5) is 0 Å². The number of ether oxygens (including phenoxy) is 2. The number of aryl methyl sites for hydroxylation is 1. The van der Waals surface area contributed by atoms with E-state index in [2.05, 4.69) is 4.98 Å². The number of pyridine rings is 1. The molecule has 1 saturated carbocycles. The summed E-state index contributed by atoms with van der Waals surface area (Å²) in [4.78, 5) is 28.6. The number of carbonyl (C=O) groups is 2. The third-order valence-electron chi connectivity index (χ3n) is 5.86. The standard InChI is InChI=1S/C24H24N2O5/c1-15-11-17(19-5-3-4-6-21(19)25-15)14-31-18-9-7-16(8-10-18)12-24(23(28)30-2)13-20(24)22(27)26-29/h3-11,20,29H,12-14H2,1-2H3,(H,26,27)/t20-,24+/m1/s1. The topological polar surface area (TPSA) is 97.8 Å². The van der Waals surface area contributed by atoms with Gasteiger partial charge in [-0.2, -0.15) is 0 Å². The Morgan fingerprint density at radius 3 is 2.65 bits per heavy atom. The molecule has 31 heavy (non-hydrogen) atoms. The molecule has 0 bridgehead atoms. The number of methoxy groups -OCH3 is 1. The summed E-state index contributed by atoms with van der Waals surface area (Å²) in [6, 6.07) is 17.4. The number of hydrogen-bond acceptors (Lipinski definition) is 6. The smallest absolute Gasteiger partial charge is 0.312 e. The zero-order chi connectivity index (χ0) is 22.0. The number of nitrogens with zero attached hydrogens (tertiary/aromatic N) is 1. The third-order valence-corrected chi connectivity index (χ3v) is 5.86. The highest BCUT2D eigenvalue weighted by Crippen LogP contribution is 2.55. The van der Waals surface area contributed by atoms with E-state index in [0.29, 0.717) is 25.2 Å². The van der Waals surface area contributed by atoms with Gasteiger partial charge in [0, 0.05) is 16.6 Å². The lowest BCUT2D eigenvalue weighted by molar-refractivity contribution is -0.149. The van der Waals surface area contributed by atoms with Crippen LogP contribution in [0.5, 0.6) is 5.75 Å². The van der Waals surface area contributed by atoms with Crippen LogP contribution in [-0.2, 0) is 27.4 Å². The van der Waals surface area contributed by atoms with Crippen molar-refractivity contribution in [3.63, 3.8) is 0 Å². The molecular weight excluding hydrogens is 396 g/mol. The SMILES string of the molecule is COC(=O)[C@@]1(Cc2ccc(OCc3cc(C)nc4ccccc34)cc2)C[C@@H]1C(=O)NO. The molecule has 160 valence electrons. The van der Waals surface area contributed by atoms with E-state index >= 15 is 0 Å². The first-order chi connectivity index (χ1) is 15.0. The molecule has 1 aliphatic rings. The third kappa shape index (κ3) is 4.09. The number of aromatic nitrogens is 1. The lowest BCUT2D eigenvalue weighted by Gasteiger charge is -2.15. The summed E-state index contributed by atoms with van der Waals surface area (Å²) in [5.41, 5.74) is 4.53. The highest BCUT2D eigenvalue weighted by Gasteiger charge is 2.64. The number of para-hydroxylation sites is 1. The van der Waals surface area contributed by atoms with Crippen LogP contribution < -0.4 is 10.2 Å². The normalized spacial score (nSPS) is 19.6. The van der Waals surface area contributed by atoms with Crippen molar-refractivity contribution < 1.29 is 24.3 Å². The number of benzene rings is 2. The number of hydroxylamine groups is 1. The van der Waals surface area contributed by atoms with Crippen molar-refractivity contribution in [2.24, 2.45) is 11.3 Å². The second kappa shape index (κ2) is 8.35. The number of rotatable bonds is 7. The quantitative estimate of drug-likeness (QED) is 0.346. The van der Waals surface area contributed by atoms with Crippen LogP contribution in [0.15, 0.2) is 54.6 Å². The second-order valence-corrected chi connectivity index (χ2v) is 7.93. The van der Waals surface area contributed by atoms with E-state index < -0.39 is 23.2 Å². The van der Waals surface area contributed by atoms with Crippen LogP contribution in [0.3, 0.4) is 0 Å². The first kappa shape index (κ1) is 20.8. The molecule has 0 aliphatic heterocycles. The molecule has 7 nitrogen and oxygen atoms in total. The van der Waals surface area contributed by atoms with Gasteiger partial charge in [0.2, 0.25) is 5.91 Å². The first-order valence-corrected chi connectivity index (χ1v) is 10.1. The zero-order valence-electron chi connectivity index (χ0n) is 17.4. The predicted molar refractivity (Wildman–Crippen MR) is 113 cm³/mol. The number of fused-ring (bicyclic) bond motifs is 1. The van der Waals surface area contributed by atoms with E-state index in [4.69, 9.17) is 14.7 Å². The summed E-state index contributed by atoms with van der Waals surface area (Å²) in [5.74, 6) is -0.898. The lowest BCUT2D eigenvalue weighted by atomic mass is 9.93. The Morgan fingerprint density at radius 1 is 1.19 bits per heavy atom. The minimum absolute atomic E-state index is 0.346. The molecule has 3 aromatic rings. The van der Waals surface area contributed by atoms with Crippen LogP contribution >= 0.6 is 0 Å². The summed E-state index contributed by atoms with van der Waals surface area (Å²) in [5, 5.41) is 9.96. The van der Waals surface area contributed by atoms with Crippen LogP contribution in [0.1, 0.15) is 23.2 Å². The van der Waals surface area contributed by atoms with E-state index in [0.717, 1.165) is 27.7 Å². The van der Waals surface area contributed by atoms with E-state index in [1.54, 1.807) is 5.48 Å². The Kier molecular flexibility index (Phi) is 5.61. The van der Waals surface area contributed by atoms with Gasteiger partial charge in [-0.15, -0.1) is 0 Å². The number of esters is 1. The van der Waals surface area contributed by atoms with Gasteiger partial charge < -0.3 is 9.47 Å². The van der Waals surface area contributed by atoms with Crippen molar-refractivity contribution in [3.05, 3.63) is 71.4 Å². The van der Waals surface area contributed by atoms with Crippen molar-refractivity contribution in [2.45, 2.75) is 26.4 Å². The van der Waals surface area contributed by atoms with Crippen LogP contribution in [0.25, 0.3) is 10.9 Å². The number of carbonyl (C=O) groups excluding carboxylic acids is 2. The molecule has 1 aromatic heterocycles. The average molecular weight is 420 g/mol. The maximum atomic E-state index is 12.3. The molecule has 1 fully saturated rings. The summed E-state index contributed by atoms with van der Waals surface area (Å²) in [6.07, 6.45) is 0.699. The Labute approximate surface area is 180 Å². The molecule has 1 aliphatic carbocycles. The minimum atomic E-state index is -0.933. The second-order valence-electron chi connectivity index (χ2n) is 7.93. The predicted octanol–water partition coefficient (Wildman–Crippen LogP) is 3.35. The van der Waals surface area contributed by atoms with Crippen LogP contribution in [0, 0.1) is 18.3 Å². The van der Waals surface area contributed by atoms with Crippen molar-refractivity contribution in [3.8, 4) is 5.75 Å². The minimum Gasteiger partial charge on any atom is -0.489 e. The van der Waals surface area contributed by atoms with Gasteiger partial charge in [-0.05, 0) is 49.6 Å². The van der Waals surface area contributed by atoms with Crippen LogP contribution in [-0.4, -0.2) is 29.2 Å². The monoisotopic (exact) mass is 420 g/mol. The Bertz CT molecular complexity index is 1130. The van der Waals surface area contributed by atoms with E-state index in [-0.39, 0.29) is 0 Å². The molecule has 0 unspecified atom stereocenters. The van der Waals surface area contributed by atoms with Crippen molar-refractivity contribution >= 4 is 22.8 Å². The largest absolute Gasteiger partial charge is 0.489 e. The lowest BCUT2D eigenvalue weighted by Crippen LogP contribution is -2.30. The van der Waals surface area contributed by atoms with E-state index in [1.165, 1.54) is 7.11 Å². The highest BCUT2D eigenvalue weighted by molar-refractivity contribution is 5.93. The summed E-state index contributed by atoms with van der Waals surface area (Å²) >= 11 is 0. The van der Waals surface area contributed by atoms with Gasteiger partial charge in [0.05, 0.1) is 24.0 Å². The van der Waals surface area contributed by atoms with Gasteiger partial charge in [-0.25, -0.2) is 5.48 Å². The fraction of sp³-hybridized carbons (Fsp3) is 0.292. The van der Waals surface area contributed by atoms with Gasteiger partial charge in [-0.3, -0.25) is 19.8 Å². The van der Waals surface area contributed by atoms with Gasteiger partial charge >= 0.3 is 5.97 Å². The summed E-state index contributed by atoms with van der Waals surface area (Å²) in [7, 11) is 1.30. The average Bonchev–Trinajstić information content (AvgIpc) is 3.52. The molecule has 0 spiro atoms. The van der Waals surface area contributed by atoms with Crippen molar-refractivity contribution in [1.82, 2.24) is 10.5 Å². The van der Waals surface area contributed by atoms with Gasteiger partial charge in [0.15, 0.2) is 0 Å². The van der Waals surface area contributed by atoms with Gasteiger partial charge in [0.25, 0.3) is 0 Å². The molecule has 2 aromatic carbocycles. The molecule has 0 saturated heterocycles. The summed E-state index contributed by atoms with van der Waals surface area (Å²) < 4.78 is 10.9. The van der Waals surface area contributed by atoms with E-state index in [9.17, 15) is 9.59 Å². The molecule has 1 amide bonds. The maximum absolute atomic E-state index is 12.3. The molecule has 1 heterocycles. The van der Waals surface area contributed by atoms with Gasteiger partial charge in [0.1, 0.15) is 12.4 Å². The Morgan fingerprint density at radius 2 is 1.94 bits per heavy atom. The highest BCUT2D eigenvalue weighted by atomic mass is 16.5. The molecule has 2 atom stereocenters. The zero-order valence-corrected chi connectivity index (χ0v) is 17.4. The summed E-state index contributed by atoms with van der Waals surface area (Å²) in [6.45, 7) is 2.37. The fourth-order valence-corrected chi connectivity index (χ4v) is 4.17. The number of nitrogens with one attached hydrogen (secondary N) is 1. The molecule has 7 heteroatoms. The molecule has 0 radical (unpaired) electrons. The van der Waals surface area contributed by atoms with Crippen molar-refractivity contribution in [1.29, 1.82) is 0 Å². The molecule has 4 rings (SSSR count). The number of hydrogen-bond donors (Lipinski definition) is 2.